The maximum Gasteiger partial charge on any atom is 0.359 e. The maximum atomic E-state index is 13.0. The van der Waals surface area contributed by atoms with E-state index < -0.39 is 5.97 Å². The zero-order valence-electron chi connectivity index (χ0n) is 11.8. The molecule has 0 bridgehead atoms. The number of benzene rings is 1. The Balaban J connectivity index is 2.49. The Morgan fingerprint density at radius 2 is 2.05 bits per heavy atom. The first kappa shape index (κ1) is 15.0. The minimum Gasteiger partial charge on any atom is -0.464 e. The molecule has 0 saturated carbocycles. The highest BCUT2D eigenvalue weighted by molar-refractivity contribution is 5.90. The number of ether oxygens (including phenoxy) is 2. The Labute approximate surface area is 121 Å². The third-order valence-corrected chi connectivity index (χ3v) is 2.92. The molecule has 0 aliphatic carbocycles. The monoisotopic (exact) mass is 293 g/mol. The molecule has 1 heterocycles. The summed E-state index contributed by atoms with van der Waals surface area (Å²) in [6, 6.07) is 5.61. The first-order valence-electron chi connectivity index (χ1n) is 6.37. The minimum atomic E-state index is -0.600. The second-order valence-electron chi connectivity index (χ2n) is 4.23. The average molecular weight is 293 g/mol. The molecule has 21 heavy (non-hydrogen) atoms. The number of hydrogen-bond donors (Lipinski definition) is 1. The van der Waals surface area contributed by atoms with Gasteiger partial charge in [0.1, 0.15) is 11.6 Å². The van der Waals surface area contributed by atoms with Crippen molar-refractivity contribution in [3.63, 3.8) is 0 Å². The first-order valence-corrected chi connectivity index (χ1v) is 6.37. The summed E-state index contributed by atoms with van der Waals surface area (Å²) in [6.07, 6.45) is 0. The highest BCUT2D eigenvalue weighted by atomic mass is 19.1. The van der Waals surface area contributed by atoms with E-state index in [0.717, 1.165) is 0 Å². The lowest BCUT2D eigenvalue weighted by atomic mass is 10.2. The number of methoxy groups -OCH3 is 1. The lowest BCUT2D eigenvalue weighted by molar-refractivity contribution is 0.0586. The number of nitrogens with two attached hydrogens (primary N) is 1. The van der Waals surface area contributed by atoms with Crippen LogP contribution in [0.25, 0.3) is 5.69 Å². The largest absolute Gasteiger partial charge is 0.464 e. The number of nitrogen functional groups attached to an aromatic ring is 1. The molecule has 0 saturated heterocycles. The first-order chi connectivity index (χ1) is 10.1. The van der Waals surface area contributed by atoms with Crippen molar-refractivity contribution in [1.29, 1.82) is 0 Å². The zero-order valence-corrected chi connectivity index (χ0v) is 11.8. The number of halogens is 1. The van der Waals surface area contributed by atoms with Crippen molar-refractivity contribution in [1.82, 2.24) is 9.78 Å². The molecule has 0 amide bonds. The summed E-state index contributed by atoms with van der Waals surface area (Å²) >= 11 is 0. The molecule has 7 heteroatoms. The van der Waals surface area contributed by atoms with Gasteiger partial charge in [0.15, 0.2) is 5.69 Å². The van der Waals surface area contributed by atoms with Crippen LogP contribution in [0.3, 0.4) is 0 Å². The minimum absolute atomic E-state index is 0.0905. The van der Waals surface area contributed by atoms with Crippen LogP contribution in [0.15, 0.2) is 24.3 Å². The fraction of sp³-hybridized carbons (Fsp3) is 0.286. The van der Waals surface area contributed by atoms with Crippen LogP contribution >= 0.6 is 0 Å². The highest BCUT2D eigenvalue weighted by Gasteiger charge is 2.22. The van der Waals surface area contributed by atoms with E-state index in [0.29, 0.717) is 17.9 Å². The van der Waals surface area contributed by atoms with Crippen molar-refractivity contribution >= 4 is 11.8 Å². The summed E-state index contributed by atoms with van der Waals surface area (Å²) in [6.45, 7) is 2.45. The molecule has 1 aromatic heterocycles. The van der Waals surface area contributed by atoms with Gasteiger partial charge < -0.3 is 15.2 Å². The maximum absolute atomic E-state index is 13.0. The van der Waals surface area contributed by atoms with Crippen molar-refractivity contribution in [3.05, 3.63) is 41.3 Å². The van der Waals surface area contributed by atoms with E-state index in [1.165, 1.54) is 36.1 Å². The predicted molar refractivity (Wildman–Crippen MR) is 74.6 cm³/mol. The van der Waals surface area contributed by atoms with Gasteiger partial charge in [-0.3, -0.25) is 0 Å². The number of esters is 1. The Morgan fingerprint density at radius 1 is 1.38 bits per heavy atom. The Hall–Kier alpha value is -2.41. The van der Waals surface area contributed by atoms with E-state index in [-0.39, 0.29) is 23.9 Å². The number of carbonyl (C=O) groups is 1. The molecule has 112 valence electrons. The van der Waals surface area contributed by atoms with E-state index in [1.807, 2.05) is 6.92 Å². The normalized spacial score (nSPS) is 10.6. The van der Waals surface area contributed by atoms with Gasteiger partial charge in [-0.05, 0) is 31.2 Å². The highest BCUT2D eigenvalue weighted by Crippen LogP contribution is 2.23. The van der Waals surface area contributed by atoms with Crippen LogP contribution in [0.2, 0.25) is 0 Å². The van der Waals surface area contributed by atoms with Crippen molar-refractivity contribution in [2.24, 2.45) is 0 Å². The SMILES string of the molecule is CCOCc1c(C(=O)OC)nn(-c2ccc(F)cc2)c1N. The number of hydrogen-bond acceptors (Lipinski definition) is 5. The molecular weight excluding hydrogens is 277 g/mol. The van der Waals surface area contributed by atoms with Gasteiger partial charge in [-0.15, -0.1) is 0 Å². The van der Waals surface area contributed by atoms with Crippen LogP contribution in [-0.4, -0.2) is 29.5 Å². The molecular formula is C14H16FN3O3. The van der Waals surface area contributed by atoms with Gasteiger partial charge in [-0.2, -0.15) is 5.10 Å². The van der Waals surface area contributed by atoms with Crippen LogP contribution in [0.1, 0.15) is 23.0 Å². The van der Waals surface area contributed by atoms with Crippen LogP contribution in [0, 0.1) is 5.82 Å². The third-order valence-electron chi connectivity index (χ3n) is 2.92. The molecule has 0 radical (unpaired) electrons. The van der Waals surface area contributed by atoms with Gasteiger partial charge in [-0.25, -0.2) is 13.9 Å². The quantitative estimate of drug-likeness (QED) is 0.852. The zero-order chi connectivity index (χ0) is 15.4. The van der Waals surface area contributed by atoms with Crippen molar-refractivity contribution in [3.8, 4) is 5.69 Å². The lowest BCUT2D eigenvalue weighted by Crippen LogP contribution is -2.07. The Kier molecular flexibility index (Phi) is 4.54. The van der Waals surface area contributed by atoms with E-state index >= 15 is 0 Å². The molecule has 0 atom stereocenters. The fourth-order valence-corrected chi connectivity index (χ4v) is 1.85. The molecule has 2 aromatic rings. The van der Waals surface area contributed by atoms with Gasteiger partial charge >= 0.3 is 5.97 Å². The number of carbonyl (C=O) groups excluding carboxylic acids is 1. The number of nitrogens with zero attached hydrogens (tertiary/aromatic N) is 2. The average Bonchev–Trinajstić information content (AvgIpc) is 2.82. The predicted octanol–water partition coefficient (Wildman–Crippen LogP) is 1.92. The molecule has 6 nitrogen and oxygen atoms in total. The second-order valence-corrected chi connectivity index (χ2v) is 4.23. The van der Waals surface area contributed by atoms with Gasteiger partial charge in [0.2, 0.25) is 0 Å². The fourth-order valence-electron chi connectivity index (χ4n) is 1.85. The molecule has 0 fully saturated rings. The smallest absolute Gasteiger partial charge is 0.359 e. The molecule has 1 aromatic carbocycles. The number of anilines is 1. The summed E-state index contributed by atoms with van der Waals surface area (Å²) in [5.74, 6) is -0.708. The van der Waals surface area contributed by atoms with Gasteiger partial charge in [0.05, 0.1) is 25.0 Å². The van der Waals surface area contributed by atoms with E-state index in [4.69, 9.17) is 15.2 Å². The summed E-state index contributed by atoms with van der Waals surface area (Å²) < 4.78 is 24.3. The van der Waals surface area contributed by atoms with Crippen molar-refractivity contribution in [2.75, 3.05) is 19.5 Å². The molecule has 2 N–H and O–H groups in total. The van der Waals surface area contributed by atoms with Gasteiger partial charge in [0.25, 0.3) is 0 Å². The summed E-state index contributed by atoms with van der Waals surface area (Å²) in [5.41, 5.74) is 7.11. The second kappa shape index (κ2) is 6.36. The van der Waals surface area contributed by atoms with Crippen LogP contribution in [0.4, 0.5) is 10.2 Å². The molecule has 0 unspecified atom stereocenters. The van der Waals surface area contributed by atoms with E-state index in [9.17, 15) is 9.18 Å². The standard InChI is InChI=1S/C14H16FN3O3/c1-3-21-8-11-12(14(19)20-2)17-18(13(11)16)10-6-4-9(15)5-7-10/h4-7H,3,8,16H2,1-2H3. The van der Waals surface area contributed by atoms with E-state index in [2.05, 4.69) is 5.10 Å². The van der Waals surface area contributed by atoms with E-state index in [1.54, 1.807) is 0 Å². The Bertz CT molecular complexity index is 638. The lowest BCUT2D eigenvalue weighted by Gasteiger charge is -2.05. The van der Waals surface area contributed by atoms with Gasteiger partial charge in [-0.1, -0.05) is 0 Å². The van der Waals surface area contributed by atoms with Crippen LogP contribution in [0.5, 0.6) is 0 Å². The molecule has 2 rings (SSSR count). The number of rotatable bonds is 5. The van der Waals surface area contributed by atoms with Crippen molar-refractivity contribution in [2.45, 2.75) is 13.5 Å². The number of aromatic nitrogens is 2. The third kappa shape index (κ3) is 3.03. The summed E-state index contributed by atoms with van der Waals surface area (Å²) in [4.78, 5) is 11.8. The molecule has 0 aliphatic heterocycles. The molecule has 0 aliphatic rings. The van der Waals surface area contributed by atoms with Crippen LogP contribution < -0.4 is 5.73 Å². The van der Waals surface area contributed by atoms with Crippen LogP contribution in [-0.2, 0) is 16.1 Å². The Morgan fingerprint density at radius 3 is 2.62 bits per heavy atom. The summed E-state index contributed by atoms with van der Waals surface area (Å²) in [7, 11) is 1.26. The van der Waals surface area contributed by atoms with Gasteiger partial charge in [0, 0.05) is 6.61 Å². The topological polar surface area (TPSA) is 79.4 Å². The van der Waals surface area contributed by atoms with Crippen molar-refractivity contribution < 1.29 is 18.7 Å². The summed E-state index contributed by atoms with van der Waals surface area (Å²) in [5, 5.41) is 4.15. The molecule has 0 spiro atoms.